The van der Waals surface area contributed by atoms with Crippen LogP contribution in [0.3, 0.4) is 0 Å². The molecule has 0 aliphatic rings. The van der Waals surface area contributed by atoms with Crippen LogP contribution in [0.4, 0.5) is 0 Å². The third-order valence-corrected chi connectivity index (χ3v) is 5.40. The molecular formula is C23H30N4O. The number of nitrogens with one attached hydrogen (secondary N) is 2. The normalized spacial score (nSPS) is 13.0. The number of hydrogen-bond donors (Lipinski definition) is 2. The second kappa shape index (κ2) is 8.57. The predicted octanol–water partition coefficient (Wildman–Crippen LogP) is 3.52. The van der Waals surface area contributed by atoms with Gasteiger partial charge in [0.15, 0.2) is 0 Å². The first-order chi connectivity index (χ1) is 13.3. The van der Waals surface area contributed by atoms with Crippen LogP contribution in [-0.4, -0.2) is 47.7 Å². The third kappa shape index (κ3) is 4.98. The van der Waals surface area contributed by atoms with Crippen LogP contribution >= 0.6 is 0 Å². The smallest absolute Gasteiger partial charge is 0.220 e. The molecule has 2 N–H and O–H groups in total. The minimum absolute atomic E-state index is 0.0889. The summed E-state index contributed by atoms with van der Waals surface area (Å²) in [6.07, 6.45) is 3.19. The highest BCUT2D eigenvalue weighted by Crippen LogP contribution is 2.26. The fourth-order valence-corrected chi connectivity index (χ4v) is 3.52. The van der Waals surface area contributed by atoms with Crippen LogP contribution in [-0.2, 0) is 16.6 Å². The zero-order chi connectivity index (χ0) is 20.1. The minimum Gasteiger partial charge on any atom is -0.354 e. The average molecular weight is 379 g/mol. The number of H-pyrrole nitrogens is 1. The van der Waals surface area contributed by atoms with Crippen LogP contribution in [0.1, 0.15) is 31.4 Å². The van der Waals surface area contributed by atoms with Gasteiger partial charge in [-0.3, -0.25) is 9.89 Å². The number of carbonyl (C=O) groups is 1. The van der Waals surface area contributed by atoms with E-state index in [1.165, 1.54) is 11.1 Å². The molecule has 28 heavy (non-hydrogen) atoms. The van der Waals surface area contributed by atoms with Crippen molar-refractivity contribution in [2.45, 2.75) is 38.1 Å². The number of amides is 1. The molecule has 0 saturated heterocycles. The van der Waals surface area contributed by atoms with Gasteiger partial charge in [0.25, 0.3) is 0 Å². The number of aromatic nitrogens is 2. The number of benzene rings is 2. The fourth-order valence-electron chi connectivity index (χ4n) is 3.52. The van der Waals surface area contributed by atoms with Gasteiger partial charge in [-0.15, -0.1) is 0 Å². The van der Waals surface area contributed by atoms with E-state index in [0.717, 1.165) is 17.3 Å². The van der Waals surface area contributed by atoms with E-state index in [1.54, 1.807) is 0 Å². The Morgan fingerprint density at radius 1 is 1.18 bits per heavy atom. The number of likely N-dealkylation sites (N-methyl/N-ethyl adjacent to an activating group) is 1. The lowest BCUT2D eigenvalue weighted by atomic mass is 9.81. The maximum absolute atomic E-state index is 12.6. The average Bonchev–Trinajstić information content (AvgIpc) is 3.13. The Morgan fingerprint density at radius 3 is 2.64 bits per heavy atom. The van der Waals surface area contributed by atoms with E-state index in [2.05, 4.69) is 78.7 Å². The molecule has 0 unspecified atom stereocenters. The van der Waals surface area contributed by atoms with Gasteiger partial charge in [-0.1, -0.05) is 50.2 Å². The summed E-state index contributed by atoms with van der Waals surface area (Å²) in [4.78, 5) is 14.8. The van der Waals surface area contributed by atoms with Crippen molar-refractivity contribution >= 4 is 16.8 Å². The molecule has 3 rings (SSSR count). The van der Waals surface area contributed by atoms with Gasteiger partial charge in [0.1, 0.15) is 0 Å². The highest BCUT2D eigenvalue weighted by molar-refractivity contribution is 5.78. The molecule has 0 spiro atoms. The van der Waals surface area contributed by atoms with Gasteiger partial charge in [0.05, 0.1) is 11.7 Å². The molecular weight excluding hydrogens is 348 g/mol. The van der Waals surface area contributed by atoms with Crippen LogP contribution in [0.15, 0.2) is 54.7 Å². The first-order valence-corrected chi connectivity index (χ1v) is 9.76. The van der Waals surface area contributed by atoms with Crippen molar-refractivity contribution in [1.29, 1.82) is 0 Å². The first kappa shape index (κ1) is 20.1. The largest absolute Gasteiger partial charge is 0.354 e. The zero-order valence-electron chi connectivity index (χ0n) is 17.2. The van der Waals surface area contributed by atoms with Crippen molar-refractivity contribution in [2.75, 3.05) is 20.6 Å². The van der Waals surface area contributed by atoms with E-state index >= 15 is 0 Å². The van der Waals surface area contributed by atoms with Crippen molar-refractivity contribution in [1.82, 2.24) is 20.4 Å². The summed E-state index contributed by atoms with van der Waals surface area (Å²) in [5.74, 6) is 0.0889. The molecule has 0 radical (unpaired) electrons. The van der Waals surface area contributed by atoms with Gasteiger partial charge in [0.2, 0.25) is 5.91 Å². The van der Waals surface area contributed by atoms with Crippen molar-refractivity contribution in [3.05, 3.63) is 65.9 Å². The minimum atomic E-state index is -0.189. The summed E-state index contributed by atoms with van der Waals surface area (Å²) in [6, 6.07) is 16.8. The van der Waals surface area contributed by atoms with Gasteiger partial charge in [-0.05, 0) is 49.2 Å². The van der Waals surface area contributed by atoms with Crippen LogP contribution < -0.4 is 5.32 Å². The molecule has 1 aromatic heterocycles. The number of carbonyl (C=O) groups excluding carboxylic acids is 1. The first-order valence-electron chi connectivity index (χ1n) is 9.76. The summed E-state index contributed by atoms with van der Waals surface area (Å²) >= 11 is 0. The molecule has 1 atom stereocenters. The summed E-state index contributed by atoms with van der Waals surface area (Å²) in [5, 5.41) is 11.3. The molecule has 0 aliphatic carbocycles. The Balaban J connectivity index is 1.59. The van der Waals surface area contributed by atoms with E-state index in [0.29, 0.717) is 13.0 Å². The quantitative estimate of drug-likeness (QED) is 0.630. The molecule has 5 heteroatoms. The summed E-state index contributed by atoms with van der Waals surface area (Å²) in [7, 11) is 4.11. The van der Waals surface area contributed by atoms with Gasteiger partial charge in [-0.2, -0.15) is 5.10 Å². The fraction of sp³-hybridized carbons (Fsp3) is 0.391. The Labute approximate surface area is 167 Å². The maximum atomic E-state index is 12.6. The van der Waals surface area contributed by atoms with Gasteiger partial charge in [0, 0.05) is 24.4 Å². The van der Waals surface area contributed by atoms with Gasteiger partial charge in [-0.25, -0.2) is 0 Å². The van der Waals surface area contributed by atoms with Gasteiger partial charge >= 0.3 is 0 Å². The lowest BCUT2D eigenvalue weighted by molar-refractivity contribution is -0.122. The molecule has 0 aliphatic heterocycles. The number of rotatable bonds is 8. The van der Waals surface area contributed by atoms with E-state index in [-0.39, 0.29) is 17.4 Å². The summed E-state index contributed by atoms with van der Waals surface area (Å²) < 4.78 is 0. The summed E-state index contributed by atoms with van der Waals surface area (Å²) in [5.41, 5.74) is 3.28. The van der Waals surface area contributed by atoms with Crippen LogP contribution in [0, 0.1) is 0 Å². The molecule has 148 valence electrons. The Kier molecular flexibility index (Phi) is 6.15. The van der Waals surface area contributed by atoms with Crippen molar-refractivity contribution < 1.29 is 4.79 Å². The molecule has 0 saturated carbocycles. The molecule has 3 aromatic rings. The van der Waals surface area contributed by atoms with E-state index < -0.39 is 0 Å². The zero-order valence-corrected chi connectivity index (χ0v) is 17.2. The number of hydrogen-bond acceptors (Lipinski definition) is 3. The number of aromatic amines is 1. The van der Waals surface area contributed by atoms with E-state index in [4.69, 9.17) is 0 Å². The Bertz CT molecular complexity index is 915. The molecule has 0 bridgehead atoms. The second-order valence-corrected chi connectivity index (χ2v) is 8.34. The lowest BCUT2D eigenvalue weighted by Crippen LogP contribution is -2.42. The highest BCUT2D eigenvalue weighted by Gasteiger charge is 2.24. The standard InChI is InChI=1S/C23H30N4O/c1-23(2,19-8-6-5-7-9-19)14-22(28)24-16-20(27(3)4)13-17-10-11-21-18(12-17)15-25-26-21/h5-12,15,20H,13-14,16H2,1-4H3,(H,24,28)(H,25,26)/t20-/m0/s1. The second-order valence-electron chi connectivity index (χ2n) is 8.34. The van der Waals surface area contributed by atoms with Crippen LogP contribution in [0.25, 0.3) is 10.9 Å². The monoisotopic (exact) mass is 378 g/mol. The number of nitrogens with zero attached hydrogens (tertiary/aromatic N) is 2. The maximum Gasteiger partial charge on any atom is 0.220 e. The van der Waals surface area contributed by atoms with Gasteiger partial charge < -0.3 is 10.2 Å². The van der Waals surface area contributed by atoms with E-state index in [1.807, 2.05) is 24.4 Å². The molecule has 5 nitrogen and oxygen atoms in total. The Hall–Kier alpha value is -2.66. The SMILES string of the molecule is CN(C)[C@H](CNC(=O)CC(C)(C)c1ccccc1)Cc1ccc2[nH]ncc2c1. The highest BCUT2D eigenvalue weighted by atomic mass is 16.1. The van der Waals surface area contributed by atoms with Crippen molar-refractivity contribution in [2.24, 2.45) is 0 Å². The predicted molar refractivity (Wildman–Crippen MR) is 114 cm³/mol. The molecule has 1 amide bonds. The summed E-state index contributed by atoms with van der Waals surface area (Å²) in [6.45, 7) is 4.86. The van der Waals surface area contributed by atoms with Crippen molar-refractivity contribution in [3.63, 3.8) is 0 Å². The van der Waals surface area contributed by atoms with Crippen LogP contribution in [0.2, 0.25) is 0 Å². The number of fused-ring (bicyclic) bond motifs is 1. The molecule has 0 fully saturated rings. The van der Waals surface area contributed by atoms with Crippen molar-refractivity contribution in [3.8, 4) is 0 Å². The topological polar surface area (TPSA) is 61.0 Å². The lowest BCUT2D eigenvalue weighted by Gasteiger charge is -2.27. The van der Waals surface area contributed by atoms with Crippen LogP contribution in [0.5, 0.6) is 0 Å². The van der Waals surface area contributed by atoms with E-state index in [9.17, 15) is 4.79 Å². The molecule has 2 aromatic carbocycles. The Morgan fingerprint density at radius 2 is 1.93 bits per heavy atom. The molecule has 1 heterocycles. The third-order valence-electron chi connectivity index (χ3n) is 5.40.